The van der Waals surface area contributed by atoms with E-state index in [-0.39, 0.29) is 17.7 Å². The molecule has 0 radical (unpaired) electrons. The Balaban J connectivity index is 1.19. The van der Waals surface area contributed by atoms with Crippen LogP contribution in [0.25, 0.3) is 6.08 Å². The summed E-state index contributed by atoms with van der Waals surface area (Å²) in [7, 11) is 0. The second kappa shape index (κ2) is 15.3. The Labute approximate surface area is 265 Å². The van der Waals surface area contributed by atoms with Gasteiger partial charge in [-0.3, -0.25) is 19.3 Å². The predicted octanol–water partition coefficient (Wildman–Crippen LogP) is 5.25. The molecule has 1 aliphatic heterocycles. The highest BCUT2D eigenvalue weighted by Crippen LogP contribution is 2.30. The fourth-order valence-electron chi connectivity index (χ4n) is 6.21. The fraction of sp³-hybridized carbons (Fsp3) is 0.417. The summed E-state index contributed by atoms with van der Waals surface area (Å²) in [5, 5.41) is 11.3. The van der Waals surface area contributed by atoms with Gasteiger partial charge in [0.15, 0.2) is 0 Å². The fourth-order valence-corrected chi connectivity index (χ4v) is 6.96. The SMILES string of the molecule is Cc1ccc(C=CC(=O)NC2(C(=O)N[C@H](Cc3ccccc3)C(=O)NCC3CCN(Cc4cccs4)CC3)CCCC2)cc1. The molecule has 7 nitrogen and oxygen atoms in total. The highest BCUT2D eigenvalue weighted by Gasteiger charge is 2.43. The van der Waals surface area contributed by atoms with Gasteiger partial charge in [-0.2, -0.15) is 0 Å². The number of nitrogens with one attached hydrogen (secondary N) is 3. The molecule has 1 aliphatic carbocycles. The van der Waals surface area contributed by atoms with Gasteiger partial charge in [-0.05, 0) is 80.3 Å². The van der Waals surface area contributed by atoms with E-state index in [1.165, 1.54) is 11.0 Å². The van der Waals surface area contributed by atoms with Crippen molar-refractivity contribution in [1.82, 2.24) is 20.9 Å². The molecule has 2 fully saturated rings. The topological polar surface area (TPSA) is 90.5 Å². The molecule has 1 atom stereocenters. The van der Waals surface area contributed by atoms with E-state index in [0.717, 1.165) is 62.0 Å². The first-order chi connectivity index (χ1) is 21.4. The second-order valence-corrected chi connectivity index (χ2v) is 13.3. The van der Waals surface area contributed by atoms with Crippen LogP contribution in [0.5, 0.6) is 0 Å². The van der Waals surface area contributed by atoms with Gasteiger partial charge in [0, 0.05) is 30.5 Å². The standard InChI is InChI=1S/C36H44N4O3S/c1-27-11-13-28(14-12-27)15-16-33(41)39-36(19-5-6-20-36)35(43)38-32(24-29-8-3-2-4-9-29)34(42)37-25-30-17-21-40(22-18-30)26-31-10-7-23-44-31/h2-4,7-16,23,30,32H,5-6,17-22,24-26H2,1H3,(H,37,42)(H,38,43)(H,39,41)/t32-/m1/s1. The Bertz CT molecular complexity index is 1390. The van der Waals surface area contributed by atoms with E-state index in [2.05, 4.69) is 38.4 Å². The minimum absolute atomic E-state index is 0.179. The van der Waals surface area contributed by atoms with Gasteiger partial charge in [-0.1, -0.05) is 79.1 Å². The molecule has 3 aromatic rings. The molecular formula is C36H44N4O3S. The second-order valence-electron chi connectivity index (χ2n) is 12.3. The molecule has 1 saturated carbocycles. The quantitative estimate of drug-likeness (QED) is 0.244. The van der Waals surface area contributed by atoms with Crippen LogP contribution >= 0.6 is 11.3 Å². The Kier molecular flexibility index (Phi) is 11.0. The summed E-state index contributed by atoms with van der Waals surface area (Å²) in [5.41, 5.74) is 2.01. The summed E-state index contributed by atoms with van der Waals surface area (Å²) in [5.74, 6) is -0.364. The molecule has 1 saturated heterocycles. The molecule has 3 N–H and O–H groups in total. The Hall–Kier alpha value is -3.75. The van der Waals surface area contributed by atoms with Crippen LogP contribution in [0.2, 0.25) is 0 Å². The molecule has 8 heteroatoms. The zero-order valence-electron chi connectivity index (χ0n) is 25.6. The van der Waals surface area contributed by atoms with Crippen LogP contribution in [-0.4, -0.2) is 53.8 Å². The lowest BCUT2D eigenvalue weighted by Gasteiger charge is -2.33. The van der Waals surface area contributed by atoms with Crippen LogP contribution in [0.3, 0.4) is 0 Å². The third kappa shape index (κ3) is 8.89. The van der Waals surface area contributed by atoms with E-state index in [9.17, 15) is 14.4 Å². The van der Waals surface area contributed by atoms with Crippen molar-refractivity contribution in [2.75, 3.05) is 19.6 Å². The third-order valence-electron chi connectivity index (χ3n) is 8.89. The van der Waals surface area contributed by atoms with Gasteiger partial charge in [0.05, 0.1) is 0 Å². The van der Waals surface area contributed by atoms with Crippen LogP contribution in [-0.2, 0) is 27.3 Å². The van der Waals surface area contributed by atoms with E-state index < -0.39 is 11.6 Å². The molecule has 2 aliphatic rings. The van der Waals surface area contributed by atoms with Gasteiger partial charge in [-0.25, -0.2) is 0 Å². The lowest BCUT2D eigenvalue weighted by atomic mass is 9.94. The normalized spacial score (nSPS) is 17.8. The molecule has 2 aromatic carbocycles. The summed E-state index contributed by atoms with van der Waals surface area (Å²) < 4.78 is 0. The first-order valence-electron chi connectivity index (χ1n) is 15.8. The number of thiophene rings is 1. The van der Waals surface area contributed by atoms with Crippen LogP contribution in [0, 0.1) is 12.8 Å². The average molecular weight is 613 g/mol. The van der Waals surface area contributed by atoms with E-state index in [1.807, 2.05) is 61.5 Å². The van der Waals surface area contributed by atoms with Crippen molar-refractivity contribution in [2.24, 2.45) is 5.92 Å². The molecular weight excluding hydrogens is 568 g/mol. The van der Waals surface area contributed by atoms with Crippen molar-refractivity contribution in [3.05, 3.63) is 99.8 Å². The van der Waals surface area contributed by atoms with Gasteiger partial charge in [0.2, 0.25) is 17.7 Å². The number of likely N-dealkylation sites (tertiary alicyclic amines) is 1. The Morgan fingerprint density at radius 3 is 2.39 bits per heavy atom. The Morgan fingerprint density at radius 1 is 0.977 bits per heavy atom. The maximum Gasteiger partial charge on any atom is 0.246 e. The first-order valence-corrected chi connectivity index (χ1v) is 16.7. The van der Waals surface area contributed by atoms with E-state index in [0.29, 0.717) is 31.7 Å². The van der Waals surface area contributed by atoms with Crippen LogP contribution in [0.1, 0.15) is 60.1 Å². The average Bonchev–Trinajstić information content (AvgIpc) is 3.74. The number of aryl methyl sites for hydroxylation is 1. The van der Waals surface area contributed by atoms with Gasteiger partial charge in [0.1, 0.15) is 11.6 Å². The van der Waals surface area contributed by atoms with E-state index >= 15 is 0 Å². The van der Waals surface area contributed by atoms with Crippen molar-refractivity contribution in [2.45, 2.75) is 70.0 Å². The van der Waals surface area contributed by atoms with Gasteiger partial charge in [-0.15, -0.1) is 11.3 Å². The Morgan fingerprint density at radius 2 is 1.70 bits per heavy atom. The molecule has 2 heterocycles. The van der Waals surface area contributed by atoms with Crippen molar-refractivity contribution >= 4 is 35.1 Å². The number of amides is 3. The molecule has 232 valence electrons. The summed E-state index contributed by atoms with van der Waals surface area (Å²) in [6.45, 7) is 5.64. The number of hydrogen-bond donors (Lipinski definition) is 3. The van der Waals surface area contributed by atoms with Gasteiger partial charge < -0.3 is 16.0 Å². The van der Waals surface area contributed by atoms with Crippen molar-refractivity contribution < 1.29 is 14.4 Å². The number of benzene rings is 2. The lowest BCUT2D eigenvalue weighted by molar-refractivity contribution is -0.135. The summed E-state index contributed by atoms with van der Waals surface area (Å²) in [6, 6.07) is 21.2. The zero-order chi connectivity index (χ0) is 30.8. The zero-order valence-corrected chi connectivity index (χ0v) is 26.4. The highest BCUT2D eigenvalue weighted by atomic mass is 32.1. The van der Waals surface area contributed by atoms with Crippen LogP contribution in [0.4, 0.5) is 0 Å². The maximum absolute atomic E-state index is 13.9. The molecule has 0 spiro atoms. The van der Waals surface area contributed by atoms with E-state index in [1.54, 1.807) is 17.4 Å². The lowest BCUT2D eigenvalue weighted by Crippen LogP contribution is -2.61. The summed E-state index contributed by atoms with van der Waals surface area (Å²) in [4.78, 5) is 44.3. The van der Waals surface area contributed by atoms with Crippen molar-refractivity contribution in [3.63, 3.8) is 0 Å². The number of hydrogen-bond acceptors (Lipinski definition) is 5. The summed E-state index contributed by atoms with van der Waals surface area (Å²) >= 11 is 1.79. The van der Waals surface area contributed by atoms with Crippen molar-refractivity contribution in [3.8, 4) is 0 Å². The predicted molar refractivity (Wildman–Crippen MR) is 177 cm³/mol. The minimum atomic E-state index is -1.03. The maximum atomic E-state index is 13.9. The number of carbonyl (C=O) groups excluding carboxylic acids is 3. The van der Waals surface area contributed by atoms with Gasteiger partial charge >= 0.3 is 0 Å². The van der Waals surface area contributed by atoms with Crippen LogP contribution in [0.15, 0.2) is 78.2 Å². The molecule has 5 rings (SSSR count). The number of piperidine rings is 1. The molecule has 44 heavy (non-hydrogen) atoms. The molecule has 0 unspecified atom stereocenters. The highest BCUT2D eigenvalue weighted by molar-refractivity contribution is 7.09. The van der Waals surface area contributed by atoms with E-state index in [4.69, 9.17) is 0 Å². The smallest absolute Gasteiger partial charge is 0.246 e. The monoisotopic (exact) mass is 612 g/mol. The number of carbonyl (C=O) groups is 3. The van der Waals surface area contributed by atoms with Crippen molar-refractivity contribution in [1.29, 1.82) is 0 Å². The molecule has 1 aromatic heterocycles. The third-order valence-corrected chi connectivity index (χ3v) is 9.76. The summed E-state index contributed by atoms with van der Waals surface area (Å²) in [6.07, 6.45) is 8.48. The number of nitrogens with zero attached hydrogens (tertiary/aromatic N) is 1. The minimum Gasteiger partial charge on any atom is -0.354 e. The number of rotatable bonds is 12. The van der Waals surface area contributed by atoms with Gasteiger partial charge in [0.25, 0.3) is 0 Å². The molecule has 0 bridgehead atoms. The largest absolute Gasteiger partial charge is 0.354 e. The first kappa shape index (κ1) is 31.7. The molecule has 3 amide bonds. The van der Waals surface area contributed by atoms with Crippen LogP contribution < -0.4 is 16.0 Å².